The van der Waals surface area contributed by atoms with Gasteiger partial charge in [0.15, 0.2) is 0 Å². The second kappa shape index (κ2) is 11.8. The number of benzene rings is 2. The Morgan fingerprint density at radius 3 is 2.12 bits per heavy atom. The lowest BCUT2D eigenvalue weighted by molar-refractivity contribution is 0.202. The Balaban J connectivity index is 0.000000218. The van der Waals surface area contributed by atoms with Crippen LogP contribution in [0.5, 0.6) is 0 Å². The molecule has 0 aliphatic heterocycles. The van der Waals surface area contributed by atoms with Crippen LogP contribution in [0.15, 0.2) is 51.4 Å². The number of hydrogen-bond acceptors (Lipinski definition) is 1. The highest BCUT2D eigenvalue weighted by Gasteiger charge is 2.23. The number of halogens is 3. The first-order valence-electron chi connectivity index (χ1n) is 8.28. The van der Waals surface area contributed by atoms with Crippen molar-refractivity contribution in [3.63, 3.8) is 0 Å². The molecule has 2 aromatic carbocycles. The second-order valence-electron chi connectivity index (χ2n) is 5.35. The molecule has 0 bridgehead atoms. The van der Waals surface area contributed by atoms with Gasteiger partial charge in [-0.3, -0.25) is 0 Å². The Bertz CT molecular complexity index is 575. The van der Waals surface area contributed by atoms with E-state index in [-0.39, 0.29) is 5.82 Å². The molecule has 0 amide bonds. The smallest absolute Gasteiger partial charge is 0.124 e. The molecule has 1 saturated carbocycles. The molecule has 0 radical (unpaired) electrons. The van der Waals surface area contributed by atoms with Crippen LogP contribution in [0.4, 0.5) is 4.39 Å². The maximum Gasteiger partial charge on any atom is 0.124 e. The van der Waals surface area contributed by atoms with E-state index < -0.39 is 0 Å². The molecule has 0 N–H and O–H groups in total. The van der Waals surface area contributed by atoms with Gasteiger partial charge in [0.2, 0.25) is 0 Å². The minimum atomic E-state index is -0.138. The monoisotopic (exact) mass is 458 g/mol. The summed E-state index contributed by atoms with van der Waals surface area (Å²) in [5.41, 5.74) is 2.45. The zero-order chi connectivity index (χ0) is 17.9. The maximum absolute atomic E-state index is 12.8. The van der Waals surface area contributed by atoms with Crippen LogP contribution < -0.4 is 0 Å². The van der Waals surface area contributed by atoms with Crippen LogP contribution in [-0.4, -0.2) is 13.7 Å². The molecule has 1 fully saturated rings. The van der Waals surface area contributed by atoms with Crippen LogP contribution in [0.1, 0.15) is 43.7 Å². The van der Waals surface area contributed by atoms with Crippen molar-refractivity contribution in [2.24, 2.45) is 0 Å². The molecule has 0 spiro atoms. The first-order chi connectivity index (χ1) is 11.6. The van der Waals surface area contributed by atoms with E-state index in [9.17, 15) is 4.39 Å². The molecular weight excluding hydrogens is 435 g/mol. The summed E-state index contributed by atoms with van der Waals surface area (Å²) >= 11 is 6.65. The summed E-state index contributed by atoms with van der Waals surface area (Å²) in [4.78, 5) is 0. The van der Waals surface area contributed by atoms with Gasteiger partial charge in [-0.15, -0.1) is 0 Å². The van der Waals surface area contributed by atoms with Gasteiger partial charge in [-0.05, 0) is 66.6 Å². The van der Waals surface area contributed by atoms with Crippen LogP contribution in [0, 0.1) is 5.82 Å². The van der Waals surface area contributed by atoms with Crippen molar-refractivity contribution in [3.8, 4) is 0 Å². The largest absolute Gasteiger partial charge is 0.384 e. The SMILES string of the molecule is CC.COCCc1ccc(Br)cc1.Fc1cc(Br)cc(C2CC2)c1. The topological polar surface area (TPSA) is 9.23 Å². The normalized spacial score (nSPS) is 12.6. The molecule has 0 unspecified atom stereocenters. The standard InChI is InChI=1S/C9H8BrF.C9H11BrO.C2H6/c10-8-3-7(6-1-2-6)4-9(11)5-8;1-11-7-6-8-2-4-9(10)5-3-8;1-2/h3-6H,1-2H2;2-5H,6-7H2,1H3;1-2H3. The van der Waals surface area contributed by atoms with Crippen LogP contribution in [0.25, 0.3) is 0 Å². The fraction of sp³-hybridized carbons (Fsp3) is 0.400. The molecule has 0 aromatic heterocycles. The first kappa shape index (κ1) is 21.3. The summed E-state index contributed by atoms with van der Waals surface area (Å²) in [6, 6.07) is 13.4. The second-order valence-corrected chi connectivity index (χ2v) is 7.18. The van der Waals surface area contributed by atoms with Gasteiger partial charge in [-0.1, -0.05) is 57.8 Å². The molecule has 1 nitrogen and oxygen atoms in total. The van der Waals surface area contributed by atoms with E-state index in [0.717, 1.165) is 27.5 Å². The number of hydrogen-bond donors (Lipinski definition) is 0. The molecule has 24 heavy (non-hydrogen) atoms. The van der Waals surface area contributed by atoms with Crippen molar-refractivity contribution in [2.75, 3.05) is 13.7 Å². The molecule has 3 rings (SSSR count). The Kier molecular flexibility index (Phi) is 10.5. The molecule has 0 saturated heterocycles. The third-order valence-corrected chi connectivity index (χ3v) is 4.43. The highest BCUT2D eigenvalue weighted by atomic mass is 79.9. The van der Waals surface area contributed by atoms with E-state index in [1.165, 1.54) is 24.5 Å². The summed E-state index contributed by atoms with van der Waals surface area (Å²) in [5.74, 6) is 0.489. The van der Waals surface area contributed by atoms with Crippen molar-refractivity contribution in [1.82, 2.24) is 0 Å². The van der Waals surface area contributed by atoms with Crippen molar-refractivity contribution in [2.45, 2.75) is 39.0 Å². The van der Waals surface area contributed by atoms with E-state index in [1.54, 1.807) is 13.2 Å². The molecule has 1 aliphatic rings. The summed E-state index contributed by atoms with van der Waals surface area (Å²) < 4.78 is 19.7. The highest BCUT2D eigenvalue weighted by molar-refractivity contribution is 9.10. The Hall–Kier alpha value is -0.710. The van der Waals surface area contributed by atoms with Gasteiger partial charge in [-0.25, -0.2) is 4.39 Å². The van der Waals surface area contributed by atoms with E-state index in [4.69, 9.17) is 4.74 Å². The lowest BCUT2D eigenvalue weighted by atomic mass is 10.1. The van der Waals surface area contributed by atoms with Gasteiger partial charge in [-0.2, -0.15) is 0 Å². The van der Waals surface area contributed by atoms with Crippen LogP contribution in [0.3, 0.4) is 0 Å². The van der Waals surface area contributed by atoms with Gasteiger partial charge in [0.25, 0.3) is 0 Å². The summed E-state index contributed by atoms with van der Waals surface area (Å²) in [5, 5.41) is 0. The van der Waals surface area contributed by atoms with E-state index in [1.807, 2.05) is 32.0 Å². The summed E-state index contributed by atoms with van der Waals surface area (Å²) in [6.07, 6.45) is 3.43. The van der Waals surface area contributed by atoms with Gasteiger partial charge in [0, 0.05) is 16.1 Å². The van der Waals surface area contributed by atoms with Crippen LogP contribution >= 0.6 is 31.9 Å². The van der Waals surface area contributed by atoms with Gasteiger partial charge >= 0.3 is 0 Å². The fourth-order valence-corrected chi connectivity index (χ4v) is 2.85. The average molecular weight is 460 g/mol. The summed E-state index contributed by atoms with van der Waals surface area (Å²) in [6.45, 7) is 4.79. The van der Waals surface area contributed by atoms with E-state index >= 15 is 0 Å². The summed E-state index contributed by atoms with van der Waals surface area (Å²) in [7, 11) is 1.72. The Labute approximate surface area is 161 Å². The average Bonchev–Trinajstić information content (AvgIpc) is 3.41. The Morgan fingerprint density at radius 1 is 1.00 bits per heavy atom. The van der Waals surface area contributed by atoms with E-state index in [0.29, 0.717) is 5.92 Å². The molecule has 132 valence electrons. The molecule has 4 heteroatoms. The third kappa shape index (κ3) is 8.41. The van der Waals surface area contributed by atoms with Gasteiger partial charge < -0.3 is 4.74 Å². The van der Waals surface area contributed by atoms with Gasteiger partial charge in [0.1, 0.15) is 5.82 Å². The minimum Gasteiger partial charge on any atom is -0.384 e. The predicted octanol–water partition coefficient (Wildman–Crippen LogP) is 7.13. The van der Waals surface area contributed by atoms with Crippen molar-refractivity contribution in [1.29, 1.82) is 0 Å². The molecule has 0 atom stereocenters. The maximum atomic E-state index is 12.8. The first-order valence-corrected chi connectivity index (χ1v) is 9.86. The zero-order valence-electron chi connectivity index (χ0n) is 14.5. The molecular formula is C20H25Br2FO. The van der Waals surface area contributed by atoms with Crippen molar-refractivity contribution >= 4 is 31.9 Å². The number of ether oxygens (including phenoxy) is 1. The molecule has 1 aliphatic carbocycles. The predicted molar refractivity (Wildman–Crippen MR) is 107 cm³/mol. The van der Waals surface area contributed by atoms with Crippen LogP contribution in [-0.2, 0) is 11.2 Å². The fourth-order valence-electron chi connectivity index (χ4n) is 2.10. The molecule has 0 heterocycles. The van der Waals surface area contributed by atoms with Crippen LogP contribution in [0.2, 0.25) is 0 Å². The number of methoxy groups -OCH3 is 1. The third-order valence-electron chi connectivity index (χ3n) is 3.44. The lowest BCUT2D eigenvalue weighted by Crippen LogP contribution is -1.93. The highest BCUT2D eigenvalue weighted by Crippen LogP contribution is 2.40. The van der Waals surface area contributed by atoms with Gasteiger partial charge in [0.05, 0.1) is 6.61 Å². The Morgan fingerprint density at radius 2 is 1.62 bits per heavy atom. The lowest BCUT2D eigenvalue weighted by Gasteiger charge is -1.99. The molecule has 2 aromatic rings. The number of rotatable bonds is 4. The van der Waals surface area contributed by atoms with Crippen molar-refractivity contribution < 1.29 is 9.13 Å². The zero-order valence-corrected chi connectivity index (χ0v) is 17.7. The van der Waals surface area contributed by atoms with E-state index in [2.05, 4.69) is 44.0 Å². The van der Waals surface area contributed by atoms with Crippen molar-refractivity contribution in [3.05, 3.63) is 68.4 Å². The minimum absolute atomic E-state index is 0.138. The quantitative estimate of drug-likeness (QED) is 0.472.